The zero-order valence-corrected chi connectivity index (χ0v) is 58.9. The summed E-state index contributed by atoms with van der Waals surface area (Å²) in [6, 6.07) is 38.1. The molecule has 13 aromatic carbocycles. The largest absolute Gasteiger partial charge is 0.310 e. The minimum absolute atomic E-state index is 0.0466. The van der Waals surface area contributed by atoms with Gasteiger partial charge in [-0.25, -0.2) is 0 Å². The Morgan fingerprint density at radius 1 is 0.337 bits per heavy atom. The van der Waals surface area contributed by atoms with Gasteiger partial charge in [0.2, 0.25) is 0 Å². The van der Waals surface area contributed by atoms with Crippen LogP contribution in [0.2, 0.25) is 0 Å². The van der Waals surface area contributed by atoms with Gasteiger partial charge in [-0.3, -0.25) is 0 Å². The van der Waals surface area contributed by atoms with E-state index in [-0.39, 0.29) is 94.9 Å². The van der Waals surface area contributed by atoms with Crippen molar-refractivity contribution in [2.75, 3.05) is 9.80 Å². The molecule has 0 atom stereocenters. The number of fused-ring (bicyclic) bond motifs is 10. The number of benzene rings is 13. The van der Waals surface area contributed by atoms with Crippen molar-refractivity contribution in [3.63, 3.8) is 0 Å². The van der Waals surface area contributed by atoms with Gasteiger partial charge in [-0.2, -0.15) is 0 Å². The Balaban J connectivity index is 1.18. The van der Waals surface area contributed by atoms with Crippen molar-refractivity contribution in [3.05, 3.63) is 306 Å². The van der Waals surface area contributed by atoms with Crippen LogP contribution in [-0.2, 0) is 21.7 Å². The monoisotopic (exact) mass is 1330 g/mol. The number of hydrogen-bond acceptors (Lipinski definition) is 2. The standard InChI is InChI=1S/C96H87BN4/c1-60-49-86-90-87(50-60)101(92-76(64-35-23-17-24-36-64)56-69(96(12,13)14)57-77(92)65-37-25-18-26-38-65)88-59-71(99-82-42-30-28-40-73(82)79-53-67(94(6,7)8)44-48-84(79)99)51-61(2)89(88)97(90)80-46-45-70(98-81-41-29-27-39-72(81)78-52-66(93(3,4)5)43-47-83(78)98)58-85(80)100(86)91-74(62-31-19-15-20-32-62)54-68(95(9,10)11)55-75(91)63-33-21-16-22-34-63/h15-59H,1-14H3/i2D3,27D,28D,29D,30D,39D,40D,41D,42D,43D,44D,45D,46D,47D,48D,51D,52D,53D,58D,59D. The molecule has 0 unspecified atom stereocenters. The molecule has 0 saturated heterocycles. The van der Waals surface area contributed by atoms with E-state index in [0.29, 0.717) is 61.4 Å². The summed E-state index contributed by atoms with van der Waals surface area (Å²) >= 11 is 0. The van der Waals surface area contributed by atoms with Gasteiger partial charge in [0, 0.05) is 82.0 Å². The number of hydrogen-bond donors (Lipinski definition) is 0. The van der Waals surface area contributed by atoms with Gasteiger partial charge in [-0.15, -0.1) is 0 Å². The molecular weight excluding hydrogens is 1220 g/mol. The van der Waals surface area contributed by atoms with Crippen molar-refractivity contribution >= 4 is 101 Å². The van der Waals surface area contributed by atoms with E-state index in [1.165, 1.54) is 0 Å². The molecule has 0 saturated carbocycles. The van der Waals surface area contributed by atoms with Gasteiger partial charge in [-0.05, 0) is 199 Å². The fourth-order valence-corrected chi connectivity index (χ4v) is 14.7. The molecular formula is C96H87BN4. The van der Waals surface area contributed by atoms with Crippen molar-refractivity contribution < 1.29 is 30.2 Å². The van der Waals surface area contributed by atoms with Crippen molar-refractivity contribution in [1.82, 2.24) is 9.13 Å². The lowest BCUT2D eigenvalue weighted by molar-refractivity contribution is 0.590. The van der Waals surface area contributed by atoms with Crippen molar-refractivity contribution in [2.24, 2.45) is 0 Å². The second-order valence-corrected chi connectivity index (χ2v) is 30.9. The highest BCUT2D eigenvalue weighted by atomic mass is 15.2. The molecule has 2 aliphatic rings. The molecule has 0 N–H and O–H groups in total. The molecule has 2 aromatic heterocycles. The van der Waals surface area contributed by atoms with Gasteiger partial charge in [0.05, 0.1) is 59.5 Å². The van der Waals surface area contributed by atoms with Gasteiger partial charge in [-0.1, -0.05) is 264 Å². The molecule has 0 fully saturated rings. The van der Waals surface area contributed by atoms with Gasteiger partial charge >= 0.3 is 0 Å². The van der Waals surface area contributed by atoms with E-state index in [4.69, 9.17) is 0 Å². The van der Waals surface area contributed by atoms with Crippen LogP contribution in [-0.4, -0.2) is 15.8 Å². The Kier molecular flexibility index (Phi) is 10.1. The van der Waals surface area contributed by atoms with Crippen LogP contribution < -0.4 is 26.2 Å². The molecule has 4 heterocycles. The summed E-state index contributed by atoms with van der Waals surface area (Å²) in [4.78, 5) is 3.67. The number of para-hydroxylation sites is 2. The van der Waals surface area contributed by atoms with Crippen LogP contribution in [0.5, 0.6) is 0 Å². The van der Waals surface area contributed by atoms with Crippen LogP contribution in [0.3, 0.4) is 0 Å². The smallest absolute Gasteiger partial charge is 0.252 e. The molecule has 17 rings (SSSR count). The lowest BCUT2D eigenvalue weighted by Gasteiger charge is -2.46. The molecule has 5 heteroatoms. The summed E-state index contributed by atoms with van der Waals surface area (Å²) in [6.45, 7) is 19.6. The number of aryl methyl sites for hydroxylation is 1. The van der Waals surface area contributed by atoms with Crippen LogP contribution >= 0.6 is 0 Å². The summed E-state index contributed by atoms with van der Waals surface area (Å²) in [5.74, 6) is 0. The SMILES string of the molecule is [2H]c1c([2H])c(-n2c3c([2H])c([2H])c([2H])c([2H])c3c3c([2H])c(C(C)(C)C)c([2H])c([2H])c32)c([2H])c2c1B1c3c(cc(C)cc3N(c3c(-c4ccccc4)cc(C(C)(C)C)cc3-c3ccccc3)c3c([2H])c(-n4c5c([2H])c([2H])c([2H])c([2H])c5c5c([2H])c(C(C)(C)C)c([2H])c([2H])c54)c([2H])c(C([2H])([2H])[2H])c31)N2c1c(-c2ccccc2)cc(C(C)(C)C)cc1-c1ccccc1. The maximum atomic E-state index is 11.9. The quantitative estimate of drug-likeness (QED) is 0.141. The van der Waals surface area contributed by atoms with E-state index >= 15 is 0 Å². The second-order valence-electron chi connectivity index (χ2n) is 30.9. The molecule has 101 heavy (non-hydrogen) atoms. The summed E-state index contributed by atoms with van der Waals surface area (Å²) in [6.07, 6.45) is 0. The Hall–Kier alpha value is -10.9. The van der Waals surface area contributed by atoms with Crippen LogP contribution in [0.15, 0.2) is 273 Å². The second kappa shape index (κ2) is 23.4. The predicted octanol–water partition coefficient (Wildman–Crippen LogP) is 24.4. The third-order valence-corrected chi connectivity index (χ3v) is 19.9. The van der Waals surface area contributed by atoms with E-state index < -0.39 is 166 Å². The predicted molar refractivity (Wildman–Crippen MR) is 435 cm³/mol. The van der Waals surface area contributed by atoms with Crippen LogP contribution in [0.1, 0.15) is 147 Å². The Bertz CT molecular complexity index is 6990. The minimum Gasteiger partial charge on any atom is -0.310 e. The maximum absolute atomic E-state index is 11.9. The summed E-state index contributed by atoms with van der Waals surface area (Å²) < 4.78 is 229. The van der Waals surface area contributed by atoms with E-state index in [0.717, 1.165) is 20.3 Å². The third-order valence-electron chi connectivity index (χ3n) is 19.9. The topological polar surface area (TPSA) is 16.3 Å². The average molecular weight is 1330 g/mol. The zero-order chi connectivity index (χ0) is 88.8. The molecule has 2 aliphatic heterocycles. The van der Waals surface area contributed by atoms with Crippen LogP contribution in [0, 0.1) is 13.8 Å². The first-order chi connectivity index (χ1) is 57.7. The number of nitrogens with zero attached hydrogens (tertiary/aromatic N) is 4. The lowest BCUT2D eigenvalue weighted by atomic mass is 9.32. The Labute approximate surface area is 627 Å². The van der Waals surface area contributed by atoms with Gasteiger partial charge < -0.3 is 18.9 Å². The summed E-state index contributed by atoms with van der Waals surface area (Å²) in [5, 5.41) is -0.955. The summed E-state index contributed by atoms with van der Waals surface area (Å²) in [7, 11) is 0. The van der Waals surface area contributed by atoms with Gasteiger partial charge in [0.25, 0.3) is 6.71 Å². The number of anilines is 6. The molecule has 0 amide bonds. The Morgan fingerprint density at radius 3 is 1.12 bits per heavy atom. The van der Waals surface area contributed by atoms with E-state index in [1.54, 1.807) is 41.5 Å². The van der Waals surface area contributed by atoms with Gasteiger partial charge in [0.1, 0.15) is 0 Å². The number of rotatable bonds is 8. The normalized spacial score (nSPS) is 16.4. The summed E-state index contributed by atoms with van der Waals surface area (Å²) in [5.41, 5.74) is 1.03. The Morgan fingerprint density at radius 2 is 0.713 bits per heavy atom. The molecule has 0 radical (unpaired) electrons. The fourth-order valence-electron chi connectivity index (χ4n) is 14.7. The maximum Gasteiger partial charge on any atom is 0.252 e. The van der Waals surface area contributed by atoms with Crippen LogP contribution in [0.4, 0.5) is 34.1 Å². The minimum atomic E-state index is -3.54. The van der Waals surface area contributed by atoms with Crippen molar-refractivity contribution in [1.29, 1.82) is 0 Å². The first kappa shape index (κ1) is 43.6. The van der Waals surface area contributed by atoms with E-state index in [1.807, 2.05) is 150 Å². The number of aromatic nitrogens is 2. The van der Waals surface area contributed by atoms with Gasteiger partial charge in [0.15, 0.2) is 0 Å². The molecule has 0 bridgehead atoms. The first-order valence-electron chi connectivity index (χ1n) is 45.4. The highest BCUT2D eigenvalue weighted by Crippen LogP contribution is 2.55. The average Bonchev–Trinajstić information content (AvgIpc) is 1.41. The van der Waals surface area contributed by atoms with E-state index in [9.17, 15) is 30.2 Å². The third kappa shape index (κ3) is 10.5. The lowest BCUT2D eigenvalue weighted by Crippen LogP contribution is -2.62. The van der Waals surface area contributed by atoms with Crippen molar-refractivity contribution in [3.8, 4) is 55.9 Å². The van der Waals surface area contributed by atoms with Crippen LogP contribution in [0.25, 0.3) is 99.5 Å². The van der Waals surface area contributed by atoms with E-state index in [2.05, 4.69) is 65.8 Å². The fraction of sp³-hybridized carbons (Fsp3) is 0.188. The molecule has 494 valence electrons. The molecule has 4 nitrogen and oxygen atoms in total. The molecule has 0 spiro atoms. The molecule has 15 aromatic rings. The zero-order valence-electron chi connectivity index (χ0n) is 80.9. The highest BCUT2D eigenvalue weighted by Gasteiger charge is 2.47. The molecule has 0 aliphatic carbocycles. The first-order valence-corrected chi connectivity index (χ1v) is 34.4. The van der Waals surface area contributed by atoms with Crippen molar-refractivity contribution in [2.45, 2.75) is 119 Å². The highest BCUT2D eigenvalue weighted by molar-refractivity contribution is 7.00.